The van der Waals surface area contributed by atoms with Crippen LogP contribution in [0.5, 0.6) is 5.75 Å². The van der Waals surface area contributed by atoms with Crippen LogP contribution in [0.15, 0.2) is 71.4 Å². The van der Waals surface area contributed by atoms with E-state index in [9.17, 15) is 19.8 Å². The van der Waals surface area contributed by atoms with Gasteiger partial charge in [-0.3, -0.25) is 14.5 Å². The van der Waals surface area contributed by atoms with Crippen molar-refractivity contribution in [3.05, 3.63) is 77.0 Å². The number of nitrogens with zero attached hydrogens (tertiary/aromatic N) is 2. The van der Waals surface area contributed by atoms with E-state index in [1.165, 1.54) is 16.2 Å². The van der Waals surface area contributed by atoms with Crippen LogP contribution in [0.4, 0.5) is 5.69 Å². The Morgan fingerprint density at radius 2 is 1.85 bits per heavy atom. The van der Waals surface area contributed by atoms with E-state index in [1.54, 1.807) is 63.4 Å². The van der Waals surface area contributed by atoms with E-state index in [2.05, 4.69) is 4.98 Å². The predicted molar refractivity (Wildman–Crippen MR) is 131 cm³/mol. The molecule has 3 aromatic rings. The van der Waals surface area contributed by atoms with Crippen molar-refractivity contribution < 1.29 is 24.5 Å². The van der Waals surface area contributed by atoms with Crippen molar-refractivity contribution in [1.82, 2.24) is 4.98 Å². The molecule has 1 amide bonds. The zero-order valence-electron chi connectivity index (χ0n) is 19.2. The highest BCUT2D eigenvalue weighted by molar-refractivity contribution is 7.13. The molecule has 1 aliphatic heterocycles. The van der Waals surface area contributed by atoms with Gasteiger partial charge in [0.25, 0.3) is 5.91 Å². The van der Waals surface area contributed by atoms with Crippen LogP contribution in [0.2, 0.25) is 0 Å². The summed E-state index contributed by atoms with van der Waals surface area (Å²) in [6, 6.07) is 13.4. The van der Waals surface area contributed by atoms with Crippen LogP contribution in [0, 0.1) is 5.41 Å². The van der Waals surface area contributed by atoms with Crippen molar-refractivity contribution in [1.29, 1.82) is 0 Å². The molecule has 1 aromatic heterocycles. The number of thiazole rings is 1. The first-order chi connectivity index (χ1) is 16.2. The molecule has 8 heteroatoms. The van der Waals surface area contributed by atoms with E-state index in [0.717, 1.165) is 10.6 Å². The lowest BCUT2D eigenvalue weighted by Gasteiger charge is -2.30. The molecule has 0 saturated heterocycles. The second-order valence-corrected chi connectivity index (χ2v) is 9.81. The van der Waals surface area contributed by atoms with Crippen molar-refractivity contribution in [2.24, 2.45) is 5.41 Å². The molecule has 0 aliphatic carbocycles. The Hall–Kier alpha value is -3.49. The molecule has 7 nitrogen and oxygen atoms in total. The van der Waals surface area contributed by atoms with Gasteiger partial charge in [0.05, 0.1) is 18.2 Å². The summed E-state index contributed by atoms with van der Waals surface area (Å²) < 4.78 is 5.72. The summed E-state index contributed by atoms with van der Waals surface area (Å²) in [6.07, 6.45) is 1.73. The van der Waals surface area contributed by atoms with Gasteiger partial charge < -0.3 is 14.9 Å². The molecule has 2 heterocycles. The second-order valence-electron chi connectivity index (χ2n) is 8.91. The standard InChI is InChI=1S/C26H26N2O5S/c1-26(2,3)23(31)20-21(18-6-4-5-7-19(18)33-14-13-29)28(25(32)22(20)30)17-10-8-16(9-11-17)24-27-12-15-34-24/h4-12,15,21,29-30H,13-14H2,1-3H3. The lowest BCUT2D eigenvalue weighted by Crippen LogP contribution is -2.33. The van der Waals surface area contributed by atoms with E-state index in [4.69, 9.17) is 4.74 Å². The van der Waals surface area contributed by atoms with E-state index in [1.807, 2.05) is 17.5 Å². The Labute approximate surface area is 202 Å². The minimum Gasteiger partial charge on any atom is -0.503 e. The second kappa shape index (κ2) is 9.40. The summed E-state index contributed by atoms with van der Waals surface area (Å²) in [5.74, 6) is -1.13. The third-order valence-electron chi connectivity index (χ3n) is 5.52. The lowest BCUT2D eigenvalue weighted by molar-refractivity contribution is -0.123. The Bertz CT molecular complexity index is 1230. The molecule has 34 heavy (non-hydrogen) atoms. The number of Topliss-reactive ketones (excluding diaryl/α,β-unsaturated/α-hetero) is 1. The summed E-state index contributed by atoms with van der Waals surface area (Å²) in [5.41, 5.74) is 1.17. The predicted octanol–water partition coefficient (Wildman–Crippen LogP) is 4.70. The number of carbonyl (C=O) groups excluding carboxylic acids is 2. The summed E-state index contributed by atoms with van der Waals surface area (Å²) in [7, 11) is 0. The van der Waals surface area contributed by atoms with Crippen LogP contribution < -0.4 is 9.64 Å². The number of carbonyl (C=O) groups is 2. The number of para-hydroxylation sites is 1. The summed E-state index contributed by atoms with van der Waals surface area (Å²) in [4.78, 5) is 32.5. The van der Waals surface area contributed by atoms with Crippen LogP contribution in [0.1, 0.15) is 32.4 Å². The Morgan fingerprint density at radius 1 is 1.15 bits per heavy atom. The average Bonchev–Trinajstić information content (AvgIpc) is 3.44. The summed E-state index contributed by atoms with van der Waals surface area (Å²) in [5, 5.41) is 22.9. The van der Waals surface area contributed by atoms with E-state index in [-0.39, 0.29) is 24.6 Å². The molecule has 0 spiro atoms. The third kappa shape index (κ3) is 4.34. The van der Waals surface area contributed by atoms with Gasteiger partial charge in [-0.1, -0.05) is 39.0 Å². The van der Waals surface area contributed by atoms with Gasteiger partial charge in [0, 0.05) is 33.8 Å². The van der Waals surface area contributed by atoms with Gasteiger partial charge in [-0.05, 0) is 30.3 Å². The lowest BCUT2D eigenvalue weighted by atomic mass is 9.82. The molecule has 1 atom stereocenters. The number of aliphatic hydroxyl groups is 2. The van der Waals surface area contributed by atoms with Gasteiger partial charge >= 0.3 is 0 Å². The number of aliphatic hydroxyl groups excluding tert-OH is 2. The number of aromatic nitrogens is 1. The molecule has 1 aliphatic rings. The largest absolute Gasteiger partial charge is 0.503 e. The number of ketones is 1. The Balaban J connectivity index is 1.84. The molecule has 0 fully saturated rings. The normalized spacial score (nSPS) is 16.3. The van der Waals surface area contributed by atoms with E-state index in [0.29, 0.717) is 17.0 Å². The highest BCUT2D eigenvalue weighted by Gasteiger charge is 2.47. The molecule has 0 radical (unpaired) electrons. The fraction of sp³-hybridized carbons (Fsp3) is 0.269. The first kappa shape index (κ1) is 23.7. The molecule has 176 valence electrons. The maximum Gasteiger partial charge on any atom is 0.294 e. The highest BCUT2D eigenvalue weighted by Crippen LogP contribution is 2.46. The van der Waals surface area contributed by atoms with Crippen LogP contribution in [0.25, 0.3) is 10.6 Å². The third-order valence-corrected chi connectivity index (χ3v) is 6.34. The molecule has 2 N–H and O–H groups in total. The van der Waals surface area contributed by atoms with Crippen LogP contribution in [-0.4, -0.2) is 40.1 Å². The number of ether oxygens (including phenoxy) is 1. The first-order valence-corrected chi connectivity index (χ1v) is 11.8. The van der Waals surface area contributed by atoms with Gasteiger partial charge in [-0.2, -0.15) is 0 Å². The monoisotopic (exact) mass is 478 g/mol. The molecule has 4 rings (SSSR count). The Morgan fingerprint density at radius 3 is 2.47 bits per heavy atom. The van der Waals surface area contributed by atoms with Crippen molar-refractivity contribution >= 4 is 28.7 Å². The smallest absolute Gasteiger partial charge is 0.294 e. The number of benzene rings is 2. The van der Waals surface area contributed by atoms with Crippen molar-refractivity contribution in [2.75, 3.05) is 18.1 Å². The van der Waals surface area contributed by atoms with Crippen LogP contribution in [0.3, 0.4) is 0 Å². The summed E-state index contributed by atoms with van der Waals surface area (Å²) in [6.45, 7) is 5.11. The van der Waals surface area contributed by atoms with Crippen molar-refractivity contribution in [2.45, 2.75) is 26.8 Å². The molecular weight excluding hydrogens is 452 g/mol. The first-order valence-electron chi connectivity index (χ1n) is 10.9. The fourth-order valence-electron chi connectivity index (χ4n) is 3.93. The van der Waals surface area contributed by atoms with Gasteiger partial charge in [0.15, 0.2) is 11.5 Å². The van der Waals surface area contributed by atoms with Crippen LogP contribution in [-0.2, 0) is 9.59 Å². The molecule has 0 saturated carbocycles. The fourth-order valence-corrected chi connectivity index (χ4v) is 4.57. The summed E-state index contributed by atoms with van der Waals surface area (Å²) >= 11 is 1.51. The average molecular weight is 479 g/mol. The zero-order chi connectivity index (χ0) is 24.5. The zero-order valence-corrected chi connectivity index (χ0v) is 20.0. The topological polar surface area (TPSA) is 100.0 Å². The van der Waals surface area contributed by atoms with Gasteiger partial charge in [-0.25, -0.2) is 4.98 Å². The van der Waals surface area contributed by atoms with Gasteiger partial charge in [0.2, 0.25) is 0 Å². The molecule has 2 aromatic carbocycles. The molecule has 1 unspecified atom stereocenters. The maximum absolute atomic E-state index is 13.4. The van der Waals surface area contributed by atoms with Gasteiger partial charge in [0.1, 0.15) is 17.4 Å². The SMILES string of the molecule is CC(C)(C)C(=O)C1=C(O)C(=O)N(c2ccc(-c3nccs3)cc2)C1c1ccccc1OCCO. The number of amides is 1. The molecular formula is C26H26N2O5S. The van der Waals surface area contributed by atoms with E-state index < -0.39 is 23.1 Å². The van der Waals surface area contributed by atoms with Crippen LogP contribution >= 0.6 is 11.3 Å². The highest BCUT2D eigenvalue weighted by atomic mass is 32.1. The molecule has 0 bridgehead atoms. The maximum atomic E-state index is 13.4. The van der Waals surface area contributed by atoms with Crippen molar-refractivity contribution in [3.8, 4) is 16.3 Å². The van der Waals surface area contributed by atoms with Gasteiger partial charge in [-0.15, -0.1) is 11.3 Å². The van der Waals surface area contributed by atoms with E-state index >= 15 is 0 Å². The quantitative estimate of drug-likeness (QED) is 0.511. The minimum atomic E-state index is -0.889. The number of hydrogen-bond acceptors (Lipinski definition) is 7. The number of anilines is 1. The Kier molecular flexibility index (Phi) is 6.54. The number of rotatable bonds is 7. The minimum absolute atomic E-state index is 0.0292. The van der Waals surface area contributed by atoms with Crippen molar-refractivity contribution in [3.63, 3.8) is 0 Å². The number of hydrogen-bond donors (Lipinski definition) is 2.